The third-order valence-corrected chi connectivity index (χ3v) is 8.06. The van der Waals surface area contributed by atoms with Gasteiger partial charge in [-0.05, 0) is 73.5 Å². The Morgan fingerprint density at radius 3 is 1.82 bits per heavy atom. The van der Waals surface area contributed by atoms with Crippen LogP contribution in [0.3, 0.4) is 0 Å². The highest BCUT2D eigenvalue weighted by molar-refractivity contribution is 5.66. The van der Waals surface area contributed by atoms with Gasteiger partial charge in [-0.1, -0.05) is 49.7 Å². The Balaban J connectivity index is 1.22. The SMILES string of the molecule is CCCc1ccc(C2CCC(CCc3ccc(-c4ccc(C5CO5)c(F)c4F)c(F)c3F)CC2)c(F)c1F. The van der Waals surface area contributed by atoms with Crippen LogP contribution >= 0.6 is 0 Å². The third kappa shape index (κ3) is 5.22. The minimum Gasteiger partial charge on any atom is -0.368 e. The van der Waals surface area contributed by atoms with Crippen molar-refractivity contribution < 1.29 is 31.1 Å². The van der Waals surface area contributed by atoms with Gasteiger partial charge >= 0.3 is 0 Å². The fourth-order valence-electron chi connectivity index (χ4n) is 5.74. The highest BCUT2D eigenvalue weighted by Gasteiger charge is 2.31. The van der Waals surface area contributed by atoms with E-state index in [1.54, 1.807) is 12.1 Å². The largest absolute Gasteiger partial charge is 0.368 e. The van der Waals surface area contributed by atoms with E-state index in [2.05, 4.69) is 0 Å². The molecule has 3 aromatic rings. The molecule has 1 atom stereocenters. The van der Waals surface area contributed by atoms with Gasteiger partial charge in [-0.3, -0.25) is 0 Å². The van der Waals surface area contributed by atoms with Crippen molar-refractivity contribution in [2.45, 2.75) is 70.3 Å². The van der Waals surface area contributed by atoms with Gasteiger partial charge in [0.1, 0.15) is 6.10 Å². The second-order valence-electron chi connectivity index (χ2n) is 10.5. The van der Waals surface area contributed by atoms with E-state index in [0.29, 0.717) is 49.8 Å². The lowest BCUT2D eigenvalue weighted by Crippen LogP contribution is -2.16. The molecule has 3 aromatic carbocycles. The fourth-order valence-corrected chi connectivity index (χ4v) is 5.74. The maximum absolute atomic E-state index is 14.9. The summed E-state index contributed by atoms with van der Waals surface area (Å²) in [5.41, 5.74) is 0.410. The molecule has 7 heteroatoms. The van der Waals surface area contributed by atoms with Gasteiger partial charge in [0.25, 0.3) is 0 Å². The van der Waals surface area contributed by atoms with Crippen LogP contribution in [-0.2, 0) is 17.6 Å². The summed E-state index contributed by atoms with van der Waals surface area (Å²) in [4.78, 5) is 0. The van der Waals surface area contributed by atoms with Crippen molar-refractivity contribution in [2.75, 3.05) is 6.61 Å². The number of hydrogen-bond acceptors (Lipinski definition) is 1. The highest BCUT2D eigenvalue weighted by Crippen LogP contribution is 2.40. The smallest absolute Gasteiger partial charge is 0.167 e. The lowest BCUT2D eigenvalue weighted by Gasteiger charge is -2.29. The second kappa shape index (κ2) is 11.1. The number of aryl methyl sites for hydroxylation is 2. The molecule has 5 rings (SSSR count). The van der Waals surface area contributed by atoms with Crippen LogP contribution in [0, 0.1) is 40.8 Å². The van der Waals surface area contributed by atoms with Crippen molar-refractivity contribution in [1.82, 2.24) is 0 Å². The van der Waals surface area contributed by atoms with E-state index in [0.717, 1.165) is 19.3 Å². The number of rotatable bonds is 8. The Hall–Kier alpha value is -2.80. The van der Waals surface area contributed by atoms with Crippen LogP contribution in [0.5, 0.6) is 0 Å². The molecule has 0 radical (unpaired) electrons. The van der Waals surface area contributed by atoms with Gasteiger partial charge in [-0.2, -0.15) is 0 Å². The molecular weight excluding hydrogens is 502 g/mol. The molecule has 1 aliphatic carbocycles. The summed E-state index contributed by atoms with van der Waals surface area (Å²) in [7, 11) is 0. The van der Waals surface area contributed by atoms with Crippen molar-refractivity contribution in [3.8, 4) is 11.1 Å². The first kappa shape index (κ1) is 26.8. The van der Waals surface area contributed by atoms with Gasteiger partial charge in [0.05, 0.1) is 6.61 Å². The van der Waals surface area contributed by atoms with E-state index in [4.69, 9.17) is 4.74 Å². The predicted molar refractivity (Wildman–Crippen MR) is 134 cm³/mol. The summed E-state index contributed by atoms with van der Waals surface area (Å²) >= 11 is 0. The van der Waals surface area contributed by atoms with Gasteiger partial charge in [-0.15, -0.1) is 0 Å². The molecule has 1 aliphatic heterocycles. The molecular formula is C31H30F6O. The lowest BCUT2D eigenvalue weighted by molar-refractivity contribution is 0.303. The molecule has 1 saturated heterocycles. The molecule has 202 valence electrons. The zero-order chi connectivity index (χ0) is 27.0. The fraction of sp³-hybridized carbons (Fsp3) is 0.419. The zero-order valence-electron chi connectivity index (χ0n) is 21.2. The first-order valence-corrected chi connectivity index (χ1v) is 13.3. The van der Waals surface area contributed by atoms with Crippen molar-refractivity contribution in [3.63, 3.8) is 0 Å². The maximum Gasteiger partial charge on any atom is 0.167 e. The van der Waals surface area contributed by atoms with Crippen LogP contribution in [0.15, 0.2) is 36.4 Å². The third-order valence-electron chi connectivity index (χ3n) is 8.06. The second-order valence-corrected chi connectivity index (χ2v) is 10.5. The average Bonchev–Trinajstić information content (AvgIpc) is 3.76. The normalized spacial score (nSPS) is 21.1. The number of benzene rings is 3. The minimum absolute atomic E-state index is 0.0574. The monoisotopic (exact) mass is 532 g/mol. The van der Waals surface area contributed by atoms with Crippen molar-refractivity contribution >= 4 is 0 Å². The van der Waals surface area contributed by atoms with Crippen LogP contribution in [-0.4, -0.2) is 6.61 Å². The molecule has 1 heterocycles. The summed E-state index contributed by atoms with van der Waals surface area (Å²) in [6.45, 7) is 2.22. The summed E-state index contributed by atoms with van der Waals surface area (Å²) in [5, 5.41) is 0. The Kier molecular flexibility index (Phi) is 7.85. The average molecular weight is 533 g/mol. The molecule has 1 saturated carbocycles. The summed E-state index contributed by atoms with van der Waals surface area (Å²) < 4.78 is 92.9. The summed E-state index contributed by atoms with van der Waals surface area (Å²) in [5.74, 6) is -5.89. The number of hydrogen-bond donors (Lipinski definition) is 0. The predicted octanol–water partition coefficient (Wildman–Crippen LogP) is 9.12. The first-order valence-electron chi connectivity index (χ1n) is 13.3. The number of ether oxygens (including phenoxy) is 1. The van der Waals surface area contributed by atoms with Crippen LogP contribution in [0.2, 0.25) is 0 Å². The number of epoxide rings is 1. The lowest BCUT2D eigenvalue weighted by atomic mass is 9.76. The van der Waals surface area contributed by atoms with Crippen LogP contribution in [0.4, 0.5) is 26.3 Å². The number of halogens is 6. The van der Waals surface area contributed by atoms with Gasteiger partial charge in [0, 0.05) is 16.7 Å². The maximum atomic E-state index is 14.9. The molecule has 1 nitrogen and oxygen atoms in total. The molecule has 0 bridgehead atoms. The van der Waals surface area contributed by atoms with E-state index >= 15 is 0 Å². The highest BCUT2D eigenvalue weighted by atomic mass is 19.2. The van der Waals surface area contributed by atoms with E-state index in [9.17, 15) is 26.3 Å². The molecule has 2 fully saturated rings. The van der Waals surface area contributed by atoms with Gasteiger partial charge < -0.3 is 4.74 Å². The summed E-state index contributed by atoms with van der Waals surface area (Å²) in [6, 6.07) is 8.68. The molecule has 38 heavy (non-hydrogen) atoms. The molecule has 2 aliphatic rings. The molecule has 1 unspecified atom stereocenters. The quantitative estimate of drug-likeness (QED) is 0.208. The van der Waals surface area contributed by atoms with Crippen molar-refractivity contribution in [3.05, 3.63) is 93.6 Å². The van der Waals surface area contributed by atoms with Gasteiger partial charge in [0.2, 0.25) is 0 Å². The Bertz CT molecular complexity index is 1320. The Morgan fingerprint density at radius 1 is 0.632 bits per heavy atom. The Labute approximate surface area is 218 Å². The first-order chi connectivity index (χ1) is 18.3. The van der Waals surface area contributed by atoms with E-state index in [-0.39, 0.29) is 34.1 Å². The molecule has 0 spiro atoms. The van der Waals surface area contributed by atoms with E-state index < -0.39 is 41.0 Å². The van der Waals surface area contributed by atoms with Crippen LogP contribution in [0.25, 0.3) is 11.1 Å². The minimum atomic E-state index is -1.22. The molecule has 0 N–H and O–H groups in total. The molecule has 0 aromatic heterocycles. The van der Waals surface area contributed by atoms with E-state index in [1.165, 1.54) is 24.3 Å². The van der Waals surface area contributed by atoms with Crippen molar-refractivity contribution in [2.24, 2.45) is 5.92 Å². The topological polar surface area (TPSA) is 12.5 Å². The molecule has 0 amide bonds. The Morgan fingerprint density at radius 2 is 1.16 bits per heavy atom. The standard InChI is InChI=1S/C31H30F6O/c1-2-3-19-10-12-21(28(34)26(19)32)18-7-4-17(5-8-18)6-9-20-11-13-22(29(35)27(20)33)23-14-15-24(25-16-38-25)31(37)30(23)36/h10-15,17-18,25H,2-9,16H2,1H3. The van der Waals surface area contributed by atoms with Crippen LogP contribution in [0.1, 0.15) is 79.7 Å². The van der Waals surface area contributed by atoms with Crippen LogP contribution < -0.4 is 0 Å². The van der Waals surface area contributed by atoms with E-state index in [1.807, 2.05) is 6.92 Å². The summed E-state index contributed by atoms with van der Waals surface area (Å²) in [6.07, 6.45) is 4.64. The zero-order valence-corrected chi connectivity index (χ0v) is 21.2. The van der Waals surface area contributed by atoms with Gasteiger partial charge in [0.15, 0.2) is 34.9 Å². The van der Waals surface area contributed by atoms with Gasteiger partial charge in [-0.25, -0.2) is 26.3 Å². The van der Waals surface area contributed by atoms with Crippen molar-refractivity contribution in [1.29, 1.82) is 0 Å².